The standard InChI is InChI=1S/2C11H11NO4.C2H2O4.CH4N2.2CH4.Pt/c2*13-7(14)4-12-10(15)8-5-1-2-6(3-5)9(8)11(12)16;3-1(4)2(5)6;2-1-3;;;/h2*1-2,5-6,8-9H,3-4H2,(H,13,14);(H,3,4)(H,5,6);2-3H,1H2;2*1H4;/q;;;-2;;;+2. The number of rotatable bonds is 4. The zero-order valence-electron chi connectivity index (χ0n) is 21.7. The number of allylic oxidation sites excluding steroid dienone is 4. The first-order valence-electron chi connectivity index (χ1n) is 12.5. The second-order valence-electron chi connectivity index (χ2n) is 10.1. The number of fused-ring (bicyclic) bond motifs is 10. The number of carbonyl (C=O) groups excluding carboxylic acids is 4. The average Bonchev–Trinajstić information content (AvgIpc) is 3.73. The van der Waals surface area contributed by atoms with E-state index >= 15 is 0 Å². The number of hydrogen-bond acceptors (Lipinski definition) is 8. The molecule has 4 amide bonds. The number of hydrogen-bond donors (Lipinski definition) is 4. The summed E-state index contributed by atoms with van der Waals surface area (Å²) >= 11 is 0. The molecule has 4 aliphatic carbocycles. The molecule has 44 heavy (non-hydrogen) atoms. The first-order chi connectivity index (χ1) is 19.2. The minimum Gasteiger partial charge on any atom is -0.696 e. The van der Waals surface area contributed by atoms with Gasteiger partial charge in [0, 0.05) is 0 Å². The number of imide groups is 2. The van der Waals surface area contributed by atoms with Crippen molar-refractivity contribution in [1.82, 2.24) is 9.80 Å². The van der Waals surface area contributed by atoms with Crippen LogP contribution in [0.1, 0.15) is 27.7 Å². The molecular weight excluding hydrogens is 767 g/mol. The zero-order valence-corrected chi connectivity index (χ0v) is 24.0. The molecule has 8 atom stereocenters. The quantitative estimate of drug-likeness (QED) is 0.178. The average molecular weight is 804 g/mol. The summed E-state index contributed by atoms with van der Waals surface area (Å²) in [5.41, 5.74) is 11.8. The van der Waals surface area contributed by atoms with Crippen molar-refractivity contribution in [2.45, 2.75) is 27.7 Å². The summed E-state index contributed by atoms with van der Waals surface area (Å²) in [4.78, 5) is 88.9. The number of carboxylic acids is 4. The Morgan fingerprint density at radius 1 is 0.591 bits per heavy atom. The van der Waals surface area contributed by atoms with Gasteiger partial charge in [0.1, 0.15) is 13.1 Å². The Bertz CT molecular complexity index is 1090. The predicted octanol–water partition coefficient (Wildman–Crippen LogP) is 1.23. The van der Waals surface area contributed by atoms with Gasteiger partial charge < -0.3 is 31.9 Å². The largest absolute Gasteiger partial charge is 2.00 e. The summed E-state index contributed by atoms with van der Waals surface area (Å²) in [5, 5.41) is 32.1. The maximum absolute atomic E-state index is 11.9. The molecule has 0 aromatic rings. The molecule has 0 radical (unpaired) electrons. The second-order valence-corrected chi connectivity index (χ2v) is 10.1. The van der Waals surface area contributed by atoms with Crippen LogP contribution in [0, 0.1) is 47.3 Å². The molecule has 6 aliphatic rings. The summed E-state index contributed by atoms with van der Waals surface area (Å²) in [6.45, 7) is -1.24. The predicted molar refractivity (Wildman–Crippen MR) is 146 cm³/mol. The first-order valence-corrected chi connectivity index (χ1v) is 12.5. The van der Waals surface area contributed by atoms with Gasteiger partial charge in [-0.2, -0.15) is 0 Å². The Hall–Kier alpha value is -3.75. The molecule has 2 saturated heterocycles. The molecule has 16 nitrogen and oxygen atoms in total. The van der Waals surface area contributed by atoms with Crippen molar-refractivity contribution in [1.29, 1.82) is 0 Å². The molecule has 17 heteroatoms. The van der Waals surface area contributed by atoms with Crippen LogP contribution in [0.5, 0.6) is 0 Å². The molecule has 2 saturated carbocycles. The van der Waals surface area contributed by atoms with Gasteiger partial charge in [-0.15, -0.1) is 0 Å². The fourth-order valence-corrected chi connectivity index (χ4v) is 6.51. The van der Waals surface area contributed by atoms with Crippen LogP contribution in [0.3, 0.4) is 0 Å². The van der Waals surface area contributed by atoms with Crippen molar-refractivity contribution in [3.8, 4) is 0 Å². The summed E-state index contributed by atoms with van der Waals surface area (Å²) < 4.78 is 0. The number of nitrogens with zero attached hydrogens (tertiary/aromatic N) is 2. The van der Waals surface area contributed by atoms with E-state index in [1.54, 1.807) is 0 Å². The van der Waals surface area contributed by atoms with Crippen molar-refractivity contribution in [3.63, 3.8) is 0 Å². The number of amides is 4. The summed E-state index contributed by atoms with van der Waals surface area (Å²) in [7, 11) is 0. The Labute approximate surface area is 267 Å². The molecule has 4 fully saturated rings. The molecule has 2 aliphatic heterocycles. The normalized spacial score (nSPS) is 30.2. The SMILES string of the molecule is C.C.O=C(O)C(=O)O.O=C(O)CN1C(=O)C2C3C=CC(C3)C2C1=O.O=C(O)CN1C(=O)C2C3C=CC(C3)C2C1=O.[NH-]C[NH-].[Pt+2]. The van der Waals surface area contributed by atoms with Crippen LogP contribution in [0.4, 0.5) is 0 Å². The molecule has 0 aromatic heterocycles. The number of aliphatic carboxylic acids is 4. The van der Waals surface area contributed by atoms with Crippen LogP contribution in [-0.2, 0) is 59.4 Å². The van der Waals surface area contributed by atoms with E-state index in [-0.39, 0.29) is 114 Å². The fourth-order valence-electron chi connectivity index (χ4n) is 6.51. The van der Waals surface area contributed by atoms with Gasteiger partial charge in [-0.1, -0.05) is 39.2 Å². The van der Waals surface area contributed by atoms with Gasteiger partial charge in [0.2, 0.25) is 23.6 Å². The third kappa shape index (κ3) is 7.84. The minimum atomic E-state index is -1.82. The van der Waals surface area contributed by atoms with Gasteiger partial charge in [0.15, 0.2) is 0 Å². The van der Waals surface area contributed by atoms with Gasteiger partial charge in [-0.3, -0.25) is 45.2 Å². The molecule has 8 unspecified atom stereocenters. The smallest absolute Gasteiger partial charge is 0.696 e. The topological polar surface area (TPSA) is 272 Å². The second kappa shape index (κ2) is 16.4. The zero-order chi connectivity index (χ0) is 30.8. The van der Waals surface area contributed by atoms with E-state index in [0.717, 1.165) is 22.6 Å². The van der Waals surface area contributed by atoms with E-state index in [9.17, 15) is 28.8 Å². The maximum atomic E-state index is 11.9. The summed E-state index contributed by atoms with van der Waals surface area (Å²) in [6.07, 6.45) is 9.69. The first kappa shape index (κ1) is 40.2. The van der Waals surface area contributed by atoms with Crippen LogP contribution in [0.25, 0.3) is 11.5 Å². The van der Waals surface area contributed by atoms with Crippen molar-refractivity contribution < 1.29 is 79.8 Å². The molecule has 0 spiro atoms. The van der Waals surface area contributed by atoms with Crippen LogP contribution in [0.15, 0.2) is 24.3 Å². The van der Waals surface area contributed by atoms with Crippen LogP contribution >= 0.6 is 0 Å². The van der Waals surface area contributed by atoms with Crippen LogP contribution in [-0.4, -0.2) is 97.5 Å². The van der Waals surface area contributed by atoms with E-state index in [2.05, 4.69) is 0 Å². The molecule has 6 rings (SSSR count). The Kier molecular flexibility index (Phi) is 15.0. The van der Waals surface area contributed by atoms with Crippen LogP contribution < -0.4 is 0 Å². The Morgan fingerprint density at radius 3 is 0.955 bits per heavy atom. The number of carboxylic acid groups (broad SMARTS) is 4. The number of carbonyl (C=O) groups is 8. The molecular formula is C27H36N4O12Pt. The van der Waals surface area contributed by atoms with Gasteiger partial charge in [-0.05, 0) is 36.5 Å². The van der Waals surface area contributed by atoms with E-state index < -0.39 is 37.0 Å². The van der Waals surface area contributed by atoms with Crippen LogP contribution in [0.2, 0.25) is 0 Å². The molecule has 0 aromatic carbocycles. The molecule has 2 heterocycles. The van der Waals surface area contributed by atoms with Gasteiger partial charge in [0.05, 0.1) is 23.7 Å². The minimum absolute atomic E-state index is 0. The summed E-state index contributed by atoms with van der Waals surface area (Å²) in [6, 6.07) is 0. The van der Waals surface area contributed by atoms with E-state index in [1.807, 2.05) is 24.3 Å². The molecule has 6 N–H and O–H groups in total. The number of nitrogens with one attached hydrogen (secondary N) is 2. The van der Waals surface area contributed by atoms with Crippen molar-refractivity contribution in [3.05, 3.63) is 35.8 Å². The monoisotopic (exact) mass is 803 g/mol. The molecule has 4 bridgehead atoms. The van der Waals surface area contributed by atoms with Crippen molar-refractivity contribution in [2.75, 3.05) is 19.8 Å². The summed E-state index contributed by atoms with van der Waals surface area (Å²) in [5.74, 6) is -7.70. The van der Waals surface area contributed by atoms with E-state index in [1.165, 1.54) is 0 Å². The van der Waals surface area contributed by atoms with Crippen molar-refractivity contribution >= 4 is 47.5 Å². The van der Waals surface area contributed by atoms with E-state index in [4.69, 9.17) is 41.5 Å². The Morgan fingerprint density at radius 2 is 0.795 bits per heavy atom. The van der Waals surface area contributed by atoms with Gasteiger partial charge >= 0.3 is 44.9 Å². The maximum Gasteiger partial charge on any atom is 2.00 e. The third-order valence-electron chi connectivity index (χ3n) is 7.89. The molecule has 246 valence electrons. The fraction of sp³-hybridized carbons (Fsp3) is 0.556. The van der Waals surface area contributed by atoms with E-state index in [0.29, 0.717) is 0 Å². The van der Waals surface area contributed by atoms with Gasteiger partial charge in [0.25, 0.3) is 0 Å². The third-order valence-corrected chi connectivity index (χ3v) is 7.89. The Balaban J connectivity index is 0.000000630. The van der Waals surface area contributed by atoms with Crippen molar-refractivity contribution in [2.24, 2.45) is 47.3 Å². The van der Waals surface area contributed by atoms with Gasteiger partial charge in [-0.25, -0.2) is 9.59 Å². The number of likely N-dealkylation sites (tertiary alicyclic amines) is 2.